The van der Waals surface area contributed by atoms with Crippen molar-refractivity contribution in [1.82, 2.24) is 24.9 Å². The first-order chi connectivity index (χ1) is 50.2. The highest BCUT2D eigenvalue weighted by molar-refractivity contribution is 5.91. The summed E-state index contributed by atoms with van der Waals surface area (Å²) in [4.78, 5) is 45.7. The van der Waals surface area contributed by atoms with E-state index < -0.39 is 0 Å². The predicted molar refractivity (Wildman–Crippen MR) is 436 cm³/mol. The maximum absolute atomic E-state index is 4.67. The Hall–Kier alpha value is -11.7. The van der Waals surface area contributed by atoms with Gasteiger partial charge in [-0.1, -0.05) is 154 Å². The van der Waals surface area contributed by atoms with Crippen LogP contribution in [-0.2, 0) is 5.41 Å². The molecule has 104 heavy (non-hydrogen) atoms. The maximum atomic E-state index is 4.67. The monoisotopic (exact) mass is 1380 g/mol. The van der Waals surface area contributed by atoms with Gasteiger partial charge in [0.1, 0.15) is 30.8 Å². The summed E-state index contributed by atoms with van der Waals surface area (Å²) in [6.45, 7) is 28.7. The highest BCUT2D eigenvalue weighted by Gasteiger charge is 2.40. The normalized spacial score (nSPS) is 17.3. The highest BCUT2D eigenvalue weighted by atomic mass is 15.5. The molecule has 0 aliphatic carbocycles. The molecule has 528 valence electrons. The molecular weight excluding hydrogens is 1280 g/mol. The van der Waals surface area contributed by atoms with Crippen LogP contribution in [0, 0.1) is 34.6 Å². The quantitative estimate of drug-likeness (QED) is 0.151. The van der Waals surface area contributed by atoms with E-state index in [9.17, 15) is 0 Å². The van der Waals surface area contributed by atoms with Gasteiger partial charge in [-0.2, -0.15) is 0 Å². The zero-order valence-corrected chi connectivity index (χ0v) is 63.0. The summed E-state index contributed by atoms with van der Waals surface area (Å²) in [5, 5.41) is 0. The van der Waals surface area contributed by atoms with E-state index in [2.05, 4.69) is 397 Å². The van der Waals surface area contributed by atoms with Crippen molar-refractivity contribution in [3.05, 3.63) is 301 Å². The van der Waals surface area contributed by atoms with Crippen LogP contribution < -0.4 is 49.0 Å². The SMILES string of the molecule is Cc1ccccc1N1c2cc(C(C)(C)C)ccc2N(c2ccccc2)[C@@H]1C.Cc1ccccc1N1c2cccnc2N(C)[C@@H]1C.Cc1ccccc1N1c2ncccc2N(C)[C@@H]1C.Cc1ccccc1N1c2ncccc2N(c2ccccc2)[C@@H]1C.Cc1ccccc1N1c2nccnc2N(C)[C@@H]1C. The van der Waals surface area contributed by atoms with Gasteiger partial charge in [0, 0.05) is 91.9 Å². The Morgan fingerprint density at radius 1 is 0.240 bits per heavy atom. The van der Waals surface area contributed by atoms with Crippen LogP contribution in [0.1, 0.15) is 88.8 Å². The van der Waals surface area contributed by atoms with Crippen molar-refractivity contribution in [2.45, 2.75) is 126 Å². The number of fused-ring (bicyclic) bond motifs is 5. The Kier molecular flexibility index (Phi) is 20.5. The van der Waals surface area contributed by atoms with Gasteiger partial charge in [0.25, 0.3) is 0 Å². The third-order valence-electron chi connectivity index (χ3n) is 20.8. The molecule has 0 bridgehead atoms. The van der Waals surface area contributed by atoms with Crippen LogP contribution >= 0.6 is 0 Å². The van der Waals surface area contributed by atoms with E-state index in [4.69, 9.17) is 0 Å². The number of nitrogens with zero attached hydrogens (tertiary/aromatic N) is 15. The number of pyridine rings is 3. The van der Waals surface area contributed by atoms with E-state index >= 15 is 0 Å². The van der Waals surface area contributed by atoms with Gasteiger partial charge in [0.15, 0.2) is 29.1 Å². The molecule has 5 aliphatic rings. The van der Waals surface area contributed by atoms with Crippen LogP contribution in [0.15, 0.2) is 268 Å². The summed E-state index contributed by atoms with van der Waals surface area (Å²) in [5.74, 6) is 4.98. The molecule has 15 heteroatoms. The standard InChI is InChI=1S/C25H28N2.C20H19N3.2C15H17N3.C14H16N4/c1-18-11-9-10-14-22(18)27-19(2)26(21-12-7-6-8-13-21)23-16-15-20(17-24(23)27)25(3,4)5;1-15-9-6-7-12-18(15)23-16(2)22(17-10-4-3-5-11-17)19-13-8-14-21-20(19)23;1-11-7-4-5-8-13(11)18-12(2)17(3)15-14(18)9-6-10-16-15;1-11-7-4-5-8-13(11)18-12(2)17(3)14-9-6-10-16-15(14)18;1-10-6-4-5-7-12(10)18-11(2)17(3)13-14(18)16-9-8-15-13/h6-17,19H,1-5H3;3-14,16H,1-2H3;2*4-10,12H,1-3H3;4-9,11H,1-3H3/t19-;16-;2*12-;11-/m00000/s1. The molecular formula is C89H97N15. The maximum Gasteiger partial charge on any atom is 0.178 e. The molecule has 17 rings (SSSR count). The molecule has 0 amide bonds. The Morgan fingerprint density at radius 2 is 0.548 bits per heavy atom. The molecule has 5 atom stereocenters. The lowest BCUT2D eigenvalue weighted by atomic mass is 9.86. The Morgan fingerprint density at radius 3 is 1.01 bits per heavy atom. The van der Waals surface area contributed by atoms with Crippen LogP contribution in [0.3, 0.4) is 0 Å². The fraction of sp³-hybridized carbons (Fsp3) is 0.247. The average Bonchev–Trinajstić information content (AvgIpc) is 1.61. The van der Waals surface area contributed by atoms with Gasteiger partial charge in [-0.3, -0.25) is 0 Å². The number of hydrogen-bond donors (Lipinski definition) is 0. The summed E-state index contributed by atoms with van der Waals surface area (Å²) in [6.07, 6.45) is 10.2. The van der Waals surface area contributed by atoms with Crippen molar-refractivity contribution in [2.75, 3.05) is 70.1 Å². The molecule has 4 aromatic heterocycles. The van der Waals surface area contributed by atoms with Crippen LogP contribution in [-0.4, -0.2) is 76.9 Å². The number of anilines is 17. The zero-order chi connectivity index (χ0) is 73.1. The van der Waals surface area contributed by atoms with Crippen LogP contribution in [0.2, 0.25) is 0 Å². The summed E-state index contributed by atoms with van der Waals surface area (Å²) < 4.78 is 0. The molecule has 12 aromatic rings. The second-order valence-electron chi connectivity index (χ2n) is 28.4. The van der Waals surface area contributed by atoms with E-state index in [1.54, 1.807) is 12.4 Å². The number of hydrogen-bond acceptors (Lipinski definition) is 15. The van der Waals surface area contributed by atoms with Gasteiger partial charge in [-0.25, -0.2) is 24.9 Å². The summed E-state index contributed by atoms with van der Waals surface area (Å²) >= 11 is 0. The highest BCUT2D eigenvalue weighted by Crippen LogP contribution is 2.51. The average molecular weight is 1380 g/mol. The van der Waals surface area contributed by atoms with Gasteiger partial charge < -0.3 is 49.0 Å². The number of aryl methyl sites for hydroxylation is 5. The first-order valence-electron chi connectivity index (χ1n) is 36.2. The lowest BCUT2D eigenvalue weighted by Gasteiger charge is -2.31. The Bertz CT molecular complexity index is 4690. The molecule has 0 fully saturated rings. The molecule has 5 aliphatic heterocycles. The summed E-state index contributed by atoms with van der Waals surface area (Å²) in [7, 11) is 6.26. The third-order valence-corrected chi connectivity index (χ3v) is 20.8. The van der Waals surface area contributed by atoms with Crippen molar-refractivity contribution >= 4 is 97.3 Å². The molecule has 0 radical (unpaired) electrons. The van der Waals surface area contributed by atoms with E-state index in [0.29, 0.717) is 0 Å². The third kappa shape index (κ3) is 13.6. The molecule has 0 unspecified atom stereocenters. The number of aromatic nitrogens is 5. The second kappa shape index (κ2) is 30.1. The lowest BCUT2D eigenvalue weighted by Crippen LogP contribution is -2.36. The topological polar surface area (TPSA) is 96.8 Å². The summed E-state index contributed by atoms with van der Waals surface area (Å²) in [5.41, 5.74) is 22.5. The smallest absolute Gasteiger partial charge is 0.178 e. The van der Waals surface area contributed by atoms with Crippen LogP contribution in [0.4, 0.5) is 97.3 Å². The minimum Gasteiger partial charge on any atom is -0.351 e. The molecule has 15 nitrogen and oxygen atoms in total. The summed E-state index contributed by atoms with van der Waals surface area (Å²) in [6, 6.07) is 83.0. The van der Waals surface area contributed by atoms with Crippen LogP contribution in [0.25, 0.3) is 0 Å². The first-order valence-corrected chi connectivity index (χ1v) is 36.2. The molecule has 0 saturated heterocycles. The van der Waals surface area contributed by atoms with Crippen molar-refractivity contribution in [2.24, 2.45) is 0 Å². The largest absolute Gasteiger partial charge is 0.351 e. The number of para-hydroxylation sites is 7. The molecule has 9 heterocycles. The Labute approximate surface area is 616 Å². The molecule has 0 N–H and O–H groups in total. The van der Waals surface area contributed by atoms with Crippen molar-refractivity contribution < 1.29 is 0 Å². The van der Waals surface area contributed by atoms with Gasteiger partial charge in [0.05, 0.1) is 28.4 Å². The van der Waals surface area contributed by atoms with E-state index in [1.807, 2.05) is 42.9 Å². The fourth-order valence-corrected chi connectivity index (χ4v) is 14.9. The van der Waals surface area contributed by atoms with Gasteiger partial charge in [0.2, 0.25) is 0 Å². The van der Waals surface area contributed by atoms with Gasteiger partial charge >= 0.3 is 0 Å². The van der Waals surface area contributed by atoms with E-state index in [0.717, 1.165) is 34.8 Å². The van der Waals surface area contributed by atoms with Crippen molar-refractivity contribution in [3.63, 3.8) is 0 Å². The fourth-order valence-electron chi connectivity index (χ4n) is 14.9. The minimum absolute atomic E-state index is 0.121. The lowest BCUT2D eigenvalue weighted by molar-refractivity contribution is 0.590. The van der Waals surface area contributed by atoms with E-state index in [1.165, 1.54) is 95.9 Å². The second-order valence-corrected chi connectivity index (χ2v) is 28.4. The number of rotatable bonds is 7. The first kappa shape index (κ1) is 70.7. The predicted octanol–water partition coefficient (Wildman–Crippen LogP) is 21.3. The van der Waals surface area contributed by atoms with Crippen molar-refractivity contribution in [3.8, 4) is 0 Å². The molecule has 0 saturated carbocycles. The Balaban J connectivity index is 0.000000117. The molecule has 0 spiro atoms. The zero-order valence-electron chi connectivity index (χ0n) is 63.0. The number of benzene rings is 8. The van der Waals surface area contributed by atoms with Gasteiger partial charge in [-0.05, 0) is 211 Å². The van der Waals surface area contributed by atoms with E-state index in [-0.39, 0.29) is 36.2 Å². The minimum atomic E-state index is 0.121. The van der Waals surface area contributed by atoms with Gasteiger partial charge in [-0.15, -0.1) is 0 Å². The molecule has 8 aromatic carbocycles. The van der Waals surface area contributed by atoms with Crippen LogP contribution in [0.5, 0.6) is 0 Å². The van der Waals surface area contributed by atoms with Crippen molar-refractivity contribution in [1.29, 1.82) is 0 Å².